The molecule has 0 amide bonds. The van der Waals surface area contributed by atoms with Gasteiger partial charge in [-0.05, 0) is 117 Å². The molecule has 12 aromatic rings. The molecule has 0 radical (unpaired) electrons. The third-order valence-corrected chi connectivity index (χ3v) is 13.6. The van der Waals surface area contributed by atoms with E-state index in [2.05, 4.69) is 193 Å². The lowest BCUT2D eigenvalue weighted by Gasteiger charge is -2.33. The van der Waals surface area contributed by atoms with Gasteiger partial charge in [0.1, 0.15) is 22.3 Å². The summed E-state index contributed by atoms with van der Waals surface area (Å²) in [6.45, 7) is 2.42. The monoisotopic (exact) mass is 781 g/mol. The van der Waals surface area contributed by atoms with Crippen LogP contribution in [0.1, 0.15) is 35.4 Å². The van der Waals surface area contributed by atoms with E-state index >= 15 is 0 Å². The Bertz CT molecular complexity index is 3690. The zero-order valence-electron chi connectivity index (χ0n) is 33.6. The molecule has 3 aromatic heterocycles. The Labute approximate surface area is 352 Å². The molecular weight excluding hydrogens is 743 g/mol. The summed E-state index contributed by atoms with van der Waals surface area (Å²) in [5, 5.41) is 7.06. The summed E-state index contributed by atoms with van der Waals surface area (Å²) >= 11 is 0. The molecule has 13 rings (SSSR count). The Morgan fingerprint density at radius 1 is 0.459 bits per heavy atom. The number of aromatic nitrogens is 1. The molecular formula is C58H39NO2. The lowest BCUT2D eigenvalue weighted by atomic mass is 9.70. The van der Waals surface area contributed by atoms with Gasteiger partial charge in [0.25, 0.3) is 0 Å². The van der Waals surface area contributed by atoms with Gasteiger partial charge in [-0.15, -0.1) is 0 Å². The van der Waals surface area contributed by atoms with Crippen LogP contribution in [0.2, 0.25) is 0 Å². The van der Waals surface area contributed by atoms with Crippen molar-refractivity contribution in [1.29, 1.82) is 0 Å². The average Bonchev–Trinajstić information content (AvgIpc) is 4.00. The fourth-order valence-electron chi connectivity index (χ4n) is 10.6. The molecule has 2 unspecified atom stereocenters. The highest BCUT2D eigenvalue weighted by molar-refractivity contribution is 6.22. The molecule has 288 valence electrons. The van der Waals surface area contributed by atoms with Gasteiger partial charge in [-0.2, -0.15) is 0 Å². The van der Waals surface area contributed by atoms with Crippen molar-refractivity contribution in [1.82, 2.24) is 4.57 Å². The summed E-state index contributed by atoms with van der Waals surface area (Å²) in [5.41, 5.74) is 18.7. The number of hydrogen-bond donors (Lipinski definition) is 0. The van der Waals surface area contributed by atoms with Crippen LogP contribution in [0.15, 0.2) is 203 Å². The molecule has 0 saturated heterocycles. The third-order valence-electron chi connectivity index (χ3n) is 13.6. The van der Waals surface area contributed by atoms with Crippen LogP contribution in [-0.2, 0) is 6.42 Å². The SMILES string of the molecule is CC(c1ccc(-c2ccccc2)cc1)C1Cc2ccccc2-c2c1ccc1c2c2c(-c3ccc4oc5ccccc5c4c3)cccc2n1-c1ccc2c(c1)oc1ccccc12. The van der Waals surface area contributed by atoms with Gasteiger partial charge in [0.05, 0.1) is 11.0 Å². The minimum atomic E-state index is 0.281. The average molecular weight is 782 g/mol. The Morgan fingerprint density at radius 2 is 1.10 bits per heavy atom. The van der Waals surface area contributed by atoms with E-state index in [1.54, 1.807) is 0 Å². The van der Waals surface area contributed by atoms with Crippen molar-refractivity contribution in [2.75, 3.05) is 0 Å². The molecule has 1 aliphatic rings. The summed E-state index contributed by atoms with van der Waals surface area (Å²) in [5.74, 6) is 0.567. The smallest absolute Gasteiger partial charge is 0.137 e. The first-order valence-corrected chi connectivity index (χ1v) is 21.3. The van der Waals surface area contributed by atoms with E-state index in [0.29, 0.717) is 0 Å². The molecule has 1 aliphatic carbocycles. The number of benzene rings is 9. The lowest BCUT2D eigenvalue weighted by Crippen LogP contribution is -2.17. The maximum atomic E-state index is 6.51. The van der Waals surface area contributed by atoms with Crippen molar-refractivity contribution in [2.24, 2.45) is 0 Å². The Morgan fingerprint density at radius 3 is 1.93 bits per heavy atom. The van der Waals surface area contributed by atoms with Crippen molar-refractivity contribution >= 4 is 65.7 Å². The van der Waals surface area contributed by atoms with Gasteiger partial charge >= 0.3 is 0 Å². The van der Waals surface area contributed by atoms with Crippen LogP contribution in [0, 0.1) is 0 Å². The van der Waals surface area contributed by atoms with Gasteiger partial charge in [0, 0.05) is 44.1 Å². The second-order valence-corrected chi connectivity index (χ2v) is 16.8. The van der Waals surface area contributed by atoms with Gasteiger partial charge < -0.3 is 13.4 Å². The highest BCUT2D eigenvalue weighted by atomic mass is 16.3. The molecule has 3 heteroatoms. The third kappa shape index (κ3) is 5.17. The molecule has 0 saturated carbocycles. The molecule has 0 fully saturated rings. The fraction of sp³-hybridized carbons (Fsp3) is 0.0690. The largest absolute Gasteiger partial charge is 0.456 e. The quantitative estimate of drug-likeness (QED) is 0.174. The predicted octanol–water partition coefficient (Wildman–Crippen LogP) is 16.0. The first kappa shape index (κ1) is 34.3. The van der Waals surface area contributed by atoms with E-state index in [1.807, 2.05) is 12.1 Å². The maximum Gasteiger partial charge on any atom is 0.137 e. The van der Waals surface area contributed by atoms with Gasteiger partial charge in [0.2, 0.25) is 0 Å². The topological polar surface area (TPSA) is 31.2 Å². The van der Waals surface area contributed by atoms with Crippen molar-refractivity contribution in [3.63, 3.8) is 0 Å². The van der Waals surface area contributed by atoms with Crippen LogP contribution in [-0.4, -0.2) is 4.57 Å². The number of rotatable bonds is 5. The minimum Gasteiger partial charge on any atom is -0.456 e. The summed E-state index contributed by atoms with van der Waals surface area (Å²) in [4.78, 5) is 0. The molecule has 0 N–H and O–H groups in total. The Balaban J connectivity index is 1.08. The number of para-hydroxylation sites is 2. The summed E-state index contributed by atoms with van der Waals surface area (Å²) in [6.07, 6.45) is 0.981. The first-order valence-electron chi connectivity index (χ1n) is 21.3. The van der Waals surface area contributed by atoms with Crippen molar-refractivity contribution in [2.45, 2.75) is 25.2 Å². The zero-order valence-corrected chi connectivity index (χ0v) is 33.6. The normalized spacial score (nSPS) is 14.3. The van der Waals surface area contributed by atoms with Crippen LogP contribution < -0.4 is 0 Å². The Kier molecular flexibility index (Phi) is 7.41. The highest BCUT2D eigenvalue weighted by Crippen LogP contribution is 2.52. The lowest BCUT2D eigenvalue weighted by molar-refractivity contribution is 0.568. The van der Waals surface area contributed by atoms with E-state index in [4.69, 9.17) is 8.83 Å². The number of hydrogen-bond acceptors (Lipinski definition) is 2. The van der Waals surface area contributed by atoms with E-state index in [0.717, 1.165) is 61.5 Å². The molecule has 61 heavy (non-hydrogen) atoms. The molecule has 3 heterocycles. The number of nitrogens with zero attached hydrogens (tertiary/aromatic N) is 1. The standard InChI is InChI=1S/C58H39NO2/c1-35(36-22-24-38(25-23-36)37-12-3-2-4-13-37)48-32-39-14-5-6-15-42(39)56-47(48)29-30-51-58(56)57-43(40-26-31-54-49(33-40)45-17-8-10-21-53(45)60-54)18-11-19-50(57)59(51)41-27-28-46-44-16-7-9-20-52(44)61-55(46)34-41/h2-31,33-35,48H,32H2,1H3. The van der Waals surface area contributed by atoms with Crippen LogP contribution in [0.3, 0.4) is 0 Å². The molecule has 0 spiro atoms. The molecule has 9 aromatic carbocycles. The zero-order chi connectivity index (χ0) is 40.2. The molecule has 0 bridgehead atoms. The first-order chi connectivity index (χ1) is 30.2. The van der Waals surface area contributed by atoms with E-state index in [-0.39, 0.29) is 11.8 Å². The van der Waals surface area contributed by atoms with Crippen LogP contribution in [0.25, 0.3) is 105 Å². The highest BCUT2D eigenvalue weighted by Gasteiger charge is 2.33. The predicted molar refractivity (Wildman–Crippen MR) is 253 cm³/mol. The van der Waals surface area contributed by atoms with Crippen LogP contribution in [0.4, 0.5) is 0 Å². The second-order valence-electron chi connectivity index (χ2n) is 16.8. The molecule has 0 aliphatic heterocycles. The van der Waals surface area contributed by atoms with Crippen molar-refractivity contribution < 1.29 is 8.83 Å². The number of fused-ring (bicyclic) bond motifs is 13. The van der Waals surface area contributed by atoms with Crippen LogP contribution >= 0.6 is 0 Å². The van der Waals surface area contributed by atoms with Gasteiger partial charge in [-0.25, -0.2) is 0 Å². The maximum absolute atomic E-state index is 6.51. The van der Waals surface area contributed by atoms with Crippen molar-refractivity contribution in [3.8, 4) is 39.1 Å². The van der Waals surface area contributed by atoms with E-state index in [1.165, 1.54) is 66.4 Å². The van der Waals surface area contributed by atoms with Gasteiger partial charge in [0.15, 0.2) is 0 Å². The van der Waals surface area contributed by atoms with Gasteiger partial charge in [-0.1, -0.05) is 146 Å². The fourth-order valence-corrected chi connectivity index (χ4v) is 10.6. The number of furan rings is 2. The molecule has 3 nitrogen and oxygen atoms in total. The summed E-state index contributed by atoms with van der Waals surface area (Å²) in [6, 6.07) is 70.8. The Hall–Kier alpha value is -7.62. The molecule has 2 atom stereocenters. The van der Waals surface area contributed by atoms with Crippen LogP contribution in [0.5, 0.6) is 0 Å². The summed E-state index contributed by atoms with van der Waals surface area (Å²) in [7, 11) is 0. The van der Waals surface area contributed by atoms with Gasteiger partial charge in [-0.3, -0.25) is 0 Å². The van der Waals surface area contributed by atoms with E-state index < -0.39 is 0 Å². The van der Waals surface area contributed by atoms with Crippen molar-refractivity contribution in [3.05, 3.63) is 211 Å². The second kappa shape index (κ2) is 13.2. The van der Waals surface area contributed by atoms with E-state index in [9.17, 15) is 0 Å². The summed E-state index contributed by atoms with van der Waals surface area (Å²) < 4.78 is 15.3. The minimum absolute atomic E-state index is 0.281.